The summed E-state index contributed by atoms with van der Waals surface area (Å²) >= 11 is 6.00. The highest BCUT2D eigenvalue weighted by Gasteiger charge is 2.45. The van der Waals surface area contributed by atoms with E-state index < -0.39 is 0 Å². The molecule has 0 bridgehead atoms. The van der Waals surface area contributed by atoms with Crippen LogP contribution in [0.15, 0.2) is 18.2 Å². The molecule has 18 heavy (non-hydrogen) atoms. The first kappa shape index (κ1) is 13.7. The van der Waals surface area contributed by atoms with Gasteiger partial charge in [-0.1, -0.05) is 17.7 Å². The molecule has 1 saturated carbocycles. The highest BCUT2D eigenvalue weighted by molar-refractivity contribution is 6.30. The van der Waals surface area contributed by atoms with Gasteiger partial charge in [0.25, 0.3) is 0 Å². The lowest BCUT2D eigenvalue weighted by Crippen LogP contribution is -2.35. The molecule has 1 aliphatic carbocycles. The quantitative estimate of drug-likeness (QED) is 0.772. The van der Waals surface area contributed by atoms with Crippen molar-refractivity contribution in [2.45, 2.75) is 25.4 Å². The summed E-state index contributed by atoms with van der Waals surface area (Å²) in [6.07, 6.45) is 2.19. The van der Waals surface area contributed by atoms with E-state index in [4.69, 9.17) is 21.1 Å². The van der Waals surface area contributed by atoms with Crippen LogP contribution in [-0.4, -0.2) is 32.4 Å². The van der Waals surface area contributed by atoms with Crippen LogP contribution in [0.3, 0.4) is 0 Å². The Morgan fingerprint density at radius 2 is 2.17 bits per heavy atom. The van der Waals surface area contributed by atoms with E-state index in [-0.39, 0.29) is 5.60 Å². The van der Waals surface area contributed by atoms with E-state index in [2.05, 4.69) is 5.32 Å². The van der Waals surface area contributed by atoms with Gasteiger partial charge in [-0.15, -0.1) is 0 Å². The number of rotatable bonds is 7. The molecule has 0 aliphatic heterocycles. The molecule has 1 fully saturated rings. The number of methoxy groups -OCH3 is 1. The average Bonchev–Trinajstić information content (AvgIpc) is 3.10. The lowest BCUT2D eigenvalue weighted by Gasteiger charge is -2.20. The third-order valence-corrected chi connectivity index (χ3v) is 3.45. The van der Waals surface area contributed by atoms with Gasteiger partial charge in [-0.25, -0.2) is 0 Å². The molecule has 4 heteroatoms. The number of aryl methyl sites for hydroxylation is 1. The first-order valence-corrected chi connectivity index (χ1v) is 6.68. The molecule has 1 aliphatic rings. The zero-order chi connectivity index (χ0) is 13.0. The zero-order valence-electron chi connectivity index (χ0n) is 11.0. The molecule has 100 valence electrons. The normalized spacial score (nSPS) is 16.6. The van der Waals surface area contributed by atoms with Gasteiger partial charge in [-0.2, -0.15) is 0 Å². The lowest BCUT2D eigenvalue weighted by atomic mass is 10.2. The molecule has 0 heterocycles. The molecule has 0 aromatic heterocycles. The minimum Gasteiger partial charge on any atom is -0.486 e. The standard InChI is InChI=1S/C14H20ClNO2/c1-11-3-4-12(15)9-13(11)18-14(5-6-14)10-16-7-8-17-2/h3-4,9,16H,5-8,10H2,1-2H3. The first-order chi connectivity index (χ1) is 8.65. The second-order valence-corrected chi connectivity index (χ2v) is 5.30. The minimum atomic E-state index is -0.0385. The van der Waals surface area contributed by atoms with Crippen molar-refractivity contribution in [3.8, 4) is 5.75 Å². The molecule has 1 aromatic carbocycles. The molecular formula is C14H20ClNO2. The van der Waals surface area contributed by atoms with Gasteiger partial charge in [0.1, 0.15) is 11.4 Å². The van der Waals surface area contributed by atoms with Crippen molar-refractivity contribution in [3.63, 3.8) is 0 Å². The Balaban J connectivity index is 1.90. The van der Waals surface area contributed by atoms with Crippen LogP contribution < -0.4 is 10.1 Å². The van der Waals surface area contributed by atoms with Gasteiger partial charge in [0, 0.05) is 25.2 Å². The fourth-order valence-corrected chi connectivity index (χ4v) is 2.02. The number of hydrogen-bond donors (Lipinski definition) is 1. The molecule has 0 spiro atoms. The van der Waals surface area contributed by atoms with Gasteiger partial charge in [0.05, 0.1) is 6.61 Å². The summed E-state index contributed by atoms with van der Waals surface area (Å²) in [5.41, 5.74) is 1.09. The summed E-state index contributed by atoms with van der Waals surface area (Å²) < 4.78 is 11.1. The summed E-state index contributed by atoms with van der Waals surface area (Å²) in [5.74, 6) is 0.897. The number of benzene rings is 1. The molecule has 0 amide bonds. The van der Waals surface area contributed by atoms with E-state index in [0.29, 0.717) is 0 Å². The maximum Gasteiger partial charge on any atom is 0.124 e. The van der Waals surface area contributed by atoms with Crippen molar-refractivity contribution in [3.05, 3.63) is 28.8 Å². The van der Waals surface area contributed by atoms with Crippen molar-refractivity contribution >= 4 is 11.6 Å². The fourth-order valence-electron chi connectivity index (χ4n) is 1.86. The molecule has 1 aromatic rings. The van der Waals surface area contributed by atoms with Crippen LogP contribution in [-0.2, 0) is 4.74 Å². The Bertz CT molecular complexity index is 405. The van der Waals surface area contributed by atoms with Gasteiger partial charge >= 0.3 is 0 Å². The van der Waals surface area contributed by atoms with Crippen LogP contribution >= 0.6 is 11.6 Å². The van der Waals surface area contributed by atoms with Gasteiger partial charge < -0.3 is 14.8 Å². The van der Waals surface area contributed by atoms with E-state index in [1.165, 1.54) is 0 Å². The number of hydrogen-bond acceptors (Lipinski definition) is 3. The molecule has 0 saturated heterocycles. The second-order valence-electron chi connectivity index (χ2n) is 4.86. The van der Waals surface area contributed by atoms with Crippen molar-refractivity contribution in [1.82, 2.24) is 5.32 Å². The third-order valence-electron chi connectivity index (χ3n) is 3.21. The second kappa shape index (κ2) is 5.91. The monoisotopic (exact) mass is 269 g/mol. The maximum absolute atomic E-state index is 6.12. The summed E-state index contributed by atoms with van der Waals surface area (Å²) in [6.45, 7) is 4.49. The highest BCUT2D eigenvalue weighted by Crippen LogP contribution is 2.41. The molecule has 2 rings (SSSR count). The van der Waals surface area contributed by atoms with Crippen LogP contribution in [0, 0.1) is 6.92 Å². The van der Waals surface area contributed by atoms with Crippen molar-refractivity contribution in [1.29, 1.82) is 0 Å². The topological polar surface area (TPSA) is 30.5 Å². The summed E-state index contributed by atoms with van der Waals surface area (Å²) in [4.78, 5) is 0. The molecule has 0 radical (unpaired) electrons. The van der Waals surface area contributed by atoms with Gasteiger partial charge in [0.15, 0.2) is 0 Å². The summed E-state index contributed by atoms with van der Waals surface area (Å²) in [5, 5.41) is 4.08. The zero-order valence-corrected chi connectivity index (χ0v) is 11.7. The Kier molecular flexibility index (Phi) is 4.49. The third kappa shape index (κ3) is 3.61. The Hall–Kier alpha value is -0.770. The minimum absolute atomic E-state index is 0.0385. The number of ether oxygens (including phenoxy) is 2. The van der Waals surface area contributed by atoms with Crippen LogP contribution in [0.5, 0.6) is 5.75 Å². The smallest absolute Gasteiger partial charge is 0.124 e. The van der Waals surface area contributed by atoms with Crippen LogP contribution in [0.25, 0.3) is 0 Å². The SMILES string of the molecule is COCCNCC1(Oc2cc(Cl)ccc2C)CC1. The number of halogens is 1. The van der Waals surface area contributed by atoms with Gasteiger partial charge in [-0.3, -0.25) is 0 Å². The van der Waals surface area contributed by atoms with E-state index >= 15 is 0 Å². The number of nitrogens with one attached hydrogen (secondary N) is 1. The Morgan fingerprint density at radius 1 is 1.39 bits per heavy atom. The maximum atomic E-state index is 6.12. The lowest BCUT2D eigenvalue weighted by molar-refractivity contribution is 0.161. The van der Waals surface area contributed by atoms with Gasteiger partial charge in [0.2, 0.25) is 0 Å². The molecule has 1 N–H and O–H groups in total. The predicted octanol–water partition coefficient (Wildman–Crippen LogP) is 2.80. The van der Waals surface area contributed by atoms with E-state index in [9.17, 15) is 0 Å². The predicted molar refractivity (Wildman–Crippen MR) is 73.5 cm³/mol. The average molecular weight is 270 g/mol. The van der Waals surface area contributed by atoms with Crippen LogP contribution in [0.2, 0.25) is 5.02 Å². The van der Waals surface area contributed by atoms with E-state index in [1.807, 2.05) is 25.1 Å². The van der Waals surface area contributed by atoms with E-state index in [1.54, 1.807) is 7.11 Å². The van der Waals surface area contributed by atoms with E-state index in [0.717, 1.165) is 48.9 Å². The van der Waals surface area contributed by atoms with Crippen LogP contribution in [0.4, 0.5) is 0 Å². The highest BCUT2D eigenvalue weighted by atomic mass is 35.5. The molecule has 0 unspecified atom stereocenters. The van der Waals surface area contributed by atoms with Crippen molar-refractivity contribution in [2.75, 3.05) is 26.8 Å². The Morgan fingerprint density at radius 3 is 2.83 bits per heavy atom. The summed E-state index contributed by atoms with van der Waals surface area (Å²) in [7, 11) is 1.71. The Labute approximate surface area is 113 Å². The van der Waals surface area contributed by atoms with Crippen molar-refractivity contribution < 1.29 is 9.47 Å². The molecule has 3 nitrogen and oxygen atoms in total. The molecular weight excluding hydrogens is 250 g/mol. The summed E-state index contributed by atoms with van der Waals surface area (Å²) in [6, 6.07) is 5.78. The first-order valence-electron chi connectivity index (χ1n) is 6.30. The fraction of sp³-hybridized carbons (Fsp3) is 0.571. The van der Waals surface area contributed by atoms with Crippen molar-refractivity contribution in [2.24, 2.45) is 0 Å². The van der Waals surface area contributed by atoms with Crippen LogP contribution in [0.1, 0.15) is 18.4 Å². The molecule has 0 atom stereocenters. The van der Waals surface area contributed by atoms with Gasteiger partial charge in [-0.05, 0) is 37.5 Å². The largest absolute Gasteiger partial charge is 0.486 e.